The molecule has 0 saturated carbocycles. The van der Waals surface area contributed by atoms with E-state index in [-0.39, 0.29) is 11.0 Å². The molecule has 0 atom stereocenters. The Morgan fingerprint density at radius 2 is 2.03 bits per heavy atom. The Bertz CT molecular complexity index is 1170. The van der Waals surface area contributed by atoms with Crippen LogP contribution >= 0.6 is 11.8 Å². The highest BCUT2D eigenvalue weighted by molar-refractivity contribution is 7.99. The number of rotatable bonds is 5. The van der Waals surface area contributed by atoms with E-state index < -0.39 is 0 Å². The van der Waals surface area contributed by atoms with Crippen molar-refractivity contribution in [2.75, 3.05) is 5.75 Å². The van der Waals surface area contributed by atoms with Crippen LogP contribution < -0.4 is 5.56 Å². The minimum absolute atomic E-state index is 0.00345. The third-order valence-corrected chi connectivity index (χ3v) is 6.42. The lowest BCUT2D eigenvalue weighted by Gasteiger charge is -2.32. The molecule has 0 unspecified atom stereocenters. The van der Waals surface area contributed by atoms with Gasteiger partial charge in [-0.05, 0) is 24.8 Å². The maximum absolute atomic E-state index is 13.8. The number of fused-ring (bicyclic) bond motifs is 4. The van der Waals surface area contributed by atoms with E-state index in [9.17, 15) is 4.79 Å². The molecule has 2 aromatic heterocycles. The zero-order valence-electron chi connectivity index (χ0n) is 17.8. The smallest absolute Gasteiger partial charge is 0.265 e. The van der Waals surface area contributed by atoms with Gasteiger partial charge in [-0.2, -0.15) is 0 Å². The van der Waals surface area contributed by atoms with Crippen molar-refractivity contribution in [3.8, 4) is 11.3 Å². The van der Waals surface area contributed by atoms with Crippen LogP contribution in [0.2, 0.25) is 0 Å². The predicted octanol–water partition coefficient (Wildman–Crippen LogP) is 4.72. The molecular weight excluding hydrogens is 380 g/mol. The molecule has 0 bridgehead atoms. The number of thioether (sulfide) groups is 1. The molecule has 3 aromatic rings. The predicted molar refractivity (Wildman–Crippen MR) is 120 cm³/mol. The van der Waals surface area contributed by atoms with Crippen molar-refractivity contribution in [1.29, 1.82) is 0 Å². The van der Waals surface area contributed by atoms with Crippen molar-refractivity contribution in [3.63, 3.8) is 0 Å². The Labute approximate surface area is 175 Å². The molecule has 1 aliphatic rings. The summed E-state index contributed by atoms with van der Waals surface area (Å²) in [6.45, 7) is 15.3. The van der Waals surface area contributed by atoms with Gasteiger partial charge in [0.05, 0.1) is 11.3 Å². The lowest BCUT2D eigenvalue weighted by atomic mass is 9.72. The summed E-state index contributed by atoms with van der Waals surface area (Å²) in [6.07, 6.45) is 0.827. The molecule has 1 aromatic carbocycles. The van der Waals surface area contributed by atoms with Gasteiger partial charge >= 0.3 is 0 Å². The second-order valence-corrected chi connectivity index (χ2v) is 10.0. The average Bonchev–Trinajstić information content (AvgIpc) is 2.96. The van der Waals surface area contributed by atoms with Gasteiger partial charge in [-0.15, -0.1) is 5.10 Å². The third kappa shape index (κ3) is 3.44. The van der Waals surface area contributed by atoms with E-state index in [1.807, 2.05) is 17.7 Å². The van der Waals surface area contributed by atoms with E-state index >= 15 is 0 Å². The molecule has 0 N–H and O–H groups in total. The Hall–Kier alpha value is -2.34. The monoisotopic (exact) mass is 408 g/mol. The zero-order chi connectivity index (χ0) is 20.9. The average molecular weight is 409 g/mol. The van der Waals surface area contributed by atoms with Crippen LogP contribution in [0.25, 0.3) is 17.0 Å². The lowest BCUT2D eigenvalue weighted by molar-refractivity contribution is 0.484. The molecule has 5 nitrogen and oxygen atoms in total. The van der Waals surface area contributed by atoms with Crippen LogP contribution in [0.5, 0.6) is 0 Å². The first-order chi connectivity index (χ1) is 13.7. The van der Waals surface area contributed by atoms with E-state index in [1.165, 1.54) is 5.56 Å². The molecule has 2 heterocycles. The van der Waals surface area contributed by atoms with E-state index in [0.29, 0.717) is 23.4 Å². The topological polar surface area (TPSA) is 52.2 Å². The van der Waals surface area contributed by atoms with Gasteiger partial charge in [0, 0.05) is 23.3 Å². The van der Waals surface area contributed by atoms with Crippen molar-refractivity contribution in [2.24, 2.45) is 5.92 Å². The fraction of sp³-hybridized carbons (Fsp3) is 0.435. The van der Waals surface area contributed by atoms with Crippen LogP contribution in [0.4, 0.5) is 0 Å². The molecule has 4 rings (SSSR count). The van der Waals surface area contributed by atoms with E-state index in [1.54, 1.807) is 16.2 Å². The van der Waals surface area contributed by atoms with Crippen molar-refractivity contribution in [2.45, 2.75) is 58.2 Å². The lowest BCUT2D eigenvalue weighted by Crippen LogP contribution is -2.36. The first kappa shape index (κ1) is 20.0. The van der Waals surface area contributed by atoms with Crippen LogP contribution in [-0.2, 0) is 18.4 Å². The number of aromatic nitrogens is 4. The van der Waals surface area contributed by atoms with Crippen molar-refractivity contribution in [3.05, 3.63) is 57.9 Å². The zero-order valence-corrected chi connectivity index (χ0v) is 18.6. The Morgan fingerprint density at radius 3 is 2.72 bits per heavy atom. The summed E-state index contributed by atoms with van der Waals surface area (Å²) in [5, 5.41) is 5.47. The highest BCUT2D eigenvalue weighted by atomic mass is 32.2. The molecule has 0 amide bonds. The highest BCUT2D eigenvalue weighted by Crippen LogP contribution is 2.40. The minimum Gasteiger partial charge on any atom is -0.268 e. The Balaban J connectivity index is 2.04. The fourth-order valence-corrected chi connectivity index (χ4v) is 4.90. The summed E-state index contributed by atoms with van der Waals surface area (Å²) < 4.78 is 3.60. The first-order valence-corrected chi connectivity index (χ1v) is 11.1. The standard InChI is InChI=1S/C23H28N4OS/c1-14(2)12-26-21-24-19-17-10-8-7-9-16(17)11-23(5,6)18(19)20(28)27(21)22(25-26)29-13-15(3)4/h7-10,14H,3,11-13H2,1-2,4-6H3. The van der Waals surface area contributed by atoms with Gasteiger partial charge < -0.3 is 0 Å². The second kappa shape index (κ2) is 7.17. The summed E-state index contributed by atoms with van der Waals surface area (Å²) in [5.41, 5.74) is 4.67. The van der Waals surface area contributed by atoms with Gasteiger partial charge in [-0.25, -0.2) is 14.1 Å². The molecule has 0 radical (unpaired) electrons. The molecular formula is C23H28N4OS. The normalized spacial score (nSPS) is 14.8. The molecule has 0 spiro atoms. The van der Waals surface area contributed by atoms with E-state index in [0.717, 1.165) is 34.6 Å². The van der Waals surface area contributed by atoms with Crippen LogP contribution in [-0.4, -0.2) is 24.9 Å². The molecule has 29 heavy (non-hydrogen) atoms. The largest absolute Gasteiger partial charge is 0.268 e. The van der Waals surface area contributed by atoms with Crippen molar-refractivity contribution in [1.82, 2.24) is 19.2 Å². The molecule has 0 fully saturated rings. The number of hydrogen-bond donors (Lipinski definition) is 0. The second-order valence-electron chi connectivity index (χ2n) is 9.10. The fourth-order valence-electron chi connectivity index (χ4n) is 4.07. The summed E-state index contributed by atoms with van der Waals surface area (Å²) >= 11 is 1.55. The van der Waals surface area contributed by atoms with E-state index in [2.05, 4.69) is 52.5 Å². The Morgan fingerprint density at radius 1 is 1.31 bits per heavy atom. The van der Waals surface area contributed by atoms with Crippen molar-refractivity contribution >= 4 is 17.5 Å². The van der Waals surface area contributed by atoms with Gasteiger partial charge in [0.1, 0.15) is 0 Å². The first-order valence-electron chi connectivity index (χ1n) is 10.1. The van der Waals surface area contributed by atoms with Gasteiger partial charge in [0.15, 0.2) is 5.16 Å². The molecule has 1 aliphatic carbocycles. The molecule has 0 saturated heterocycles. The minimum atomic E-state index is -0.286. The maximum atomic E-state index is 13.8. The van der Waals surface area contributed by atoms with Crippen LogP contribution in [0, 0.1) is 5.92 Å². The molecule has 0 aliphatic heterocycles. The van der Waals surface area contributed by atoms with Gasteiger partial charge in [0.25, 0.3) is 5.56 Å². The molecule has 152 valence electrons. The number of nitrogens with zero attached hydrogens (tertiary/aromatic N) is 4. The summed E-state index contributed by atoms with van der Waals surface area (Å²) in [4.78, 5) is 18.8. The third-order valence-electron chi connectivity index (χ3n) is 5.26. The van der Waals surface area contributed by atoms with Gasteiger partial charge in [-0.3, -0.25) is 4.79 Å². The van der Waals surface area contributed by atoms with Crippen molar-refractivity contribution < 1.29 is 0 Å². The summed E-state index contributed by atoms with van der Waals surface area (Å²) in [6, 6.07) is 8.29. The highest BCUT2D eigenvalue weighted by Gasteiger charge is 2.36. The molecule has 6 heteroatoms. The quantitative estimate of drug-likeness (QED) is 0.453. The van der Waals surface area contributed by atoms with Crippen LogP contribution in [0.15, 0.2) is 46.4 Å². The van der Waals surface area contributed by atoms with Crippen LogP contribution in [0.3, 0.4) is 0 Å². The number of benzene rings is 1. The maximum Gasteiger partial charge on any atom is 0.265 e. The van der Waals surface area contributed by atoms with E-state index in [4.69, 9.17) is 10.1 Å². The van der Waals surface area contributed by atoms with Gasteiger partial charge in [-0.1, -0.05) is 75.9 Å². The van der Waals surface area contributed by atoms with Crippen LogP contribution in [0.1, 0.15) is 45.7 Å². The number of hydrogen-bond acceptors (Lipinski definition) is 4. The Kier molecular flexibility index (Phi) is 4.93. The summed E-state index contributed by atoms with van der Waals surface area (Å²) in [5.74, 6) is 1.75. The SMILES string of the molecule is C=C(C)CSc1nn(CC(C)C)c2nc3c(c(=O)n12)C(C)(C)Cc1ccccc1-3. The van der Waals surface area contributed by atoms with Gasteiger partial charge in [0.2, 0.25) is 5.78 Å². The summed E-state index contributed by atoms with van der Waals surface area (Å²) in [7, 11) is 0.